The summed E-state index contributed by atoms with van der Waals surface area (Å²) in [6.45, 7) is 23.8. The highest BCUT2D eigenvalue weighted by Gasteiger charge is 2.57. The minimum absolute atomic E-state index is 0.0779. The maximum Gasteiger partial charge on any atom is 0.341 e. The zero-order chi connectivity index (χ0) is 33.0. The Bertz CT molecular complexity index is 1390. The fraction of sp³-hybridized carbons (Fsp3) is 0.500. The Hall–Kier alpha value is -2.96. The lowest BCUT2D eigenvalue weighted by Crippen LogP contribution is -2.79. The summed E-state index contributed by atoms with van der Waals surface area (Å²) in [4.78, 5) is 0. The van der Waals surface area contributed by atoms with E-state index in [9.17, 15) is 0 Å². The quantitative estimate of drug-likeness (QED) is 0.141. The highest BCUT2D eigenvalue weighted by molar-refractivity contribution is 7.83. The standard InChI is InChI=1S/C36H48FO6PSi/c1-19(2)38-25-13-31-34(16-28(25)41-22(7)8)45(37)35-17-29(42-23(9)10)26(39-20(3)4)14-32(35)44(31)33-15-27(40-21(5)6)30(18-36(33)45)43-24(11)12/h13-24H,1-12H3. The van der Waals surface area contributed by atoms with E-state index in [-0.39, 0.29) is 36.6 Å². The second-order valence-corrected chi connectivity index (χ2v) is 18.5. The highest BCUT2D eigenvalue weighted by atomic mass is 31.1. The molecule has 0 saturated carbocycles. The highest BCUT2D eigenvalue weighted by Crippen LogP contribution is 2.47. The monoisotopic (exact) mass is 654 g/mol. The molecule has 0 N–H and O–H groups in total. The summed E-state index contributed by atoms with van der Waals surface area (Å²) in [5, 5.41) is 4.94. The predicted molar refractivity (Wildman–Crippen MR) is 185 cm³/mol. The van der Waals surface area contributed by atoms with E-state index in [0.717, 1.165) is 15.9 Å². The van der Waals surface area contributed by atoms with E-state index in [1.165, 1.54) is 0 Å². The van der Waals surface area contributed by atoms with Crippen LogP contribution in [0.3, 0.4) is 0 Å². The van der Waals surface area contributed by atoms with Gasteiger partial charge in [-0.05, 0) is 159 Å². The second kappa shape index (κ2) is 12.7. The number of halogens is 1. The SMILES string of the molecule is CC(C)Oc1cc2c(cc1OC(C)C)[Si]1(F)c3cc(OC(C)C)c(OC(C)C)cc3P2c2cc(OC(C)C)c(OC(C)C)cc21. The van der Waals surface area contributed by atoms with Gasteiger partial charge in [0.2, 0.25) is 0 Å². The summed E-state index contributed by atoms with van der Waals surface area (Å²) in [6.07, 6.45) is -0.555. The van der Waals surface area contributed by atoms with Crippen LogP contribution < -0.4 is 59.9 Å². The van der Waals surface area contributed by atoms with E-state index in [4.69, 9.17) is 28.4 Å². The predicted octanol–water partition coefficient (Wildman–Crippen LogP) is 5.73. The summed E-state index contributed by atoms with van der Waals surface area (Å²) in [7, 11) is -5.35. The van der Waals surface area contributed by atoms with Gasteiger partial charge in [-0.25, -0.2) is 0 Å². The Morgan fingerprint density at radius 3 is 0.800 bits per heavy atom. The fourth-order valence-corrected chi connectivity index (χ4v) is 13.9. The molecule has 0 fully saturated rings. The van der Waals surface area contributed by atoms with Crippen molar-refractivity contribution in [1.29, 1.82) is 0 Å². The Kier molecular flexibility index (Phi) is 9.41. The molecule has 3 heterocycles. The van der Waals surface area contributed by atoms with Crippen LogP contribution in [0.15, 0.2) is 36.4 Å². The van der Waals surface area contributed by atoms with Crippen LogP contribution in [0.5, 0.6) is 34.5 Å². The molecule has 0 saturated heterocycles. The van der Waals surface area contributed by atoms with Crippen LogP contribution >= 0.6 is 7.92 Å². The van der Waals surface area contributed by atoms with Crippen molar-refractivity contribution >= 4 is 47.8 Å². The van der Waals surface area contributed by atoms with E-state index in [1.54, 1.807) is 0 Å². The van der Waals surface area contributed by atoms with E-state index in [2.05, 4.69) is 0 Å². The van der Waals surface area contributed by atoms with Gasteiger partial charge in [-0.15, -0.1) is 0 Å². The van der Waals surface area contributed by atoms with E-state index >= 15 is 4.11 Å². The van der Waals surface area contributed by atoms with Crippen molar-refractivity contribution in [2.45, 2.75) is 120 Å². The smallest absolute Gasteiger partial charge is 0.341 e. The number of benzene rings is 3. The molecular formula is C36H48FO6PSi. The van der Waals surface area contributed by atoms with Crippen LogP contribution in [0.2, 0.25) is 0 Å². The zero-order valence-corrected chi connectivity index (χ0v) is 30.6. The Balaban J connectivity index is 1.86. The van der Waals surface area contributed by atoms with Crippen LogP contribution in [-0.2, 0) is 0 Å². The molecule has 0 aliphatic carbocycles. The molecule has 0 atom stereocenters. The fourth-order valence-electron chi connectivity index (χ4n) is 5.93. The summed E-state index contributed by atoms with van der Waals surface area (Å²) in [6, 6.07) is 11.8. The third-order valence-electron chi connectivity index (χ3n) is 7.20. The van der Waals surface area contributed by atoms with Gasteiger partial charge in [0.1, 0.15) is 0 Å². The van der Waals surface area contributed by atoms with Gasteiger partial charge in [-0.1, -0.05) is 0 Å². The first-order valence-corrected chi connectivity index (χ1v) is 19.4. The van der Waals surface area contributed by atoms with E-state index in [1.807, 2.05) is 119 Å². The lowest BCUT2D eigenvalue weighted by atomic mass is 10.2. The summed E-state index contributed by atoms with van der Waals surface area (Å²) >= 11 is 0. The Labute approximate surface area is 270 Å². The average Bonchev–Trinajstić information content (AvgIpc) is 2.89. The van der Waals surface area contributed by atoms with Crippen molar-refractivity contribution in [3.05, 3.63) is 36.4 Å². The minimum Gasteiger partial charge on any atom is -0.487 e. The van der Waals surface area contributed by atoms with Crippen molar-refractivity contribution in [2.24, 2.45) is 0 Å². The van der Waals surface area contributed by atoms with E-state index in [0.29, 0.717) is 50.1 Å². The second-order valence-electron chi connectivity index (χ2n) is 13.4. The van der Waals surface area contributed by atoms with Crippen molar-refractivity contribution in [3.63, 3.8) is 0 Å². The zero-order valence-electron chi connectivity index (χ0n) is 28.7. The number of hydrogen-bond donors (Lipinski definition) is 0. The maximum atomic E-state index is 18.9. The largest absolute Gasteiger partial charge is 0.487 e. The number of rotatable bonds is 12. The molecular weight excluding hydrogens is 606 g/mol. The molecule has 0 radical (unpaired) electrons. The van der Waals surface area contributed by atoms with Crippen LogP contribution in [-0.4, -0.2) is 45.0 Å². The summed E-state index contributed by atoms with van der Waals surface area (Å²) in [5.74, 6) is 3.57. The maximum absolute atomic E-state index is 18.9. The molecule has 2 bridgehead atoms. The van der Waals surface area contributed by atoms with E-state index < -0.39 is 16.3 Å². The van der Waals surface area contributed by atoms with Crippen molar-refractivity contribution in [3.8, 4) is 34.5 Å². The van der Waals surface area contributed by atoms with Crippen molar-refractivity contribution in [2.75, 3.05) is 0 Å². The Morgan fingerprint density at radius 1 is 0.400 bits per heavy atom. The van der Waals surface area contributed by atoms with Gasteiger partial charge in [0.05, 0.1) is 36.6 Å². The molecule has 0 amide bonds. The Morgan fingerprint density at radius 2 is 0.600 bits per heavy atom. The molecule has 0 aromatic heterocycles. The van der Waals surface area contributed by atoms with Crippen molar-refractivity contribution in [1.82, 2.24) is 0 Å². The van der Waals surface area contributed by atoms with Gasteiger partial charge >= 0.3 is 8.41 Å². The molecule has 3 aromatic rings. The first-order valence-electron chi connectivity index (χ1n) is 16.1. The normalized spacial score (nSPS) is 18.1. The molecule has 3 aliphatic rings. The third-order valence-corrected chi connectivity index (χ3v) is 13.9. The van der Waals surface area contributed by atoms with Gasteiger partial charge in [-0.2, -0.15) is 0 Å². The summed E-state index contributed by atoms with van der Waals surface area (Å²) in [5.41, 5.74) is 0. The van der Waals surface area contributed by atoms with Crippen LogP contribution in [0, 0.1) is 0 Å². The topological polar surface area (TPSA) is 55.4 Å². The molecule has 45 heavy (non-hydrogen) atoms. The molecule has 3 aliphatic heterocycles. The molecule has 3 aromatic carbocycles. The average molecular weight is 655 g/mol. The van der Waals surface area contributed by atoms with Gasteiger partial charge < -0.3 is 28.4 Å². The van der Waals surface area contributed by atoms with Gasteiger partial charge in [0.25, 0.3) is 0 Å². The molecule has 6 rings (SSSR count). The molecule has 0 spiro atoms. The van der Waals surface area contributed by atoms with Gasteiger partial charge in [-0.3, -0.25) is 4.11 Å². The lowest BCUT2D eigenvalue weighted by molar-refractivity contribution is 0.199. The number of hydrogen-bond acceptors (Lipinski definition) is 6. The molecule has 9 heteroatoms. The molecule has 6 nitrogen and oxygen atoms in total. The first kappa shape index (κ1) is 33.4. The van der Waals surface area contributed by atoms with Crippen LogP contribution in [0.25, 0.3) is 0 Å². The van der Waals surface area contributed by atoms with Crippen LogP contribution in [0.1, 0.15) is 83.1 Å². The first-order chi connectivity index (χ1) is 21.1. The van der Waals surface area contributed by atoms with Gasteiger partial charge in [0.15, 0.2) is 34.5 Å². The molecule has 244 valence electrons. The number of ether oxygens (including phenoxy) is 6. The lowest BCUT2D eigenvalue weighted by Gasteiger charge is -2.45. The molecule has 0 unspecified atom stereocenters. The minimum atomic E-state index is -4.13. The van der Waals surface area contributed by atoms with Gasteiger partial charge in [0, 0.05) is 0 Å². The van der Waals surface area contributed by atoms with Crippen molar-refractivity contribution < 1.29 is 32.5 Å². The third kappa shape index (κ3) is 6.38. The summed E-state index contributed by atoms with van der Waals surface area (Å²) < 4.78 is 56.6. The van der Waals surface area contributed by atoms with Crippen LogP contribution in [0.4, 0.5) is 4.11 Å².